The molecule has 0 fully saturated rings. The molecule has 2 heterocycles. The van der Waals surface area contributed by atoms with E-state index in [0.29, 0.717) is 10.8 Å². The lowest BCUT2D eigenvalue weighted by molar-refractivity contribution is 0.974. The fourth-order valence-electron chi connectivity index (χ4n) is 6.58. The van der Waals surface area contributed by atoms with Gasteiger partial charge < -0.3 is 0 Å². The Labute approximate surface area is 268 Å². The summed E-state index contributed by atoms with van der Waals surface area (Å²) in [6, 6.07) is 52.4. The fourth-order valence-corrected chi connectivity index (χ4v) is 7.71. The van der Waals surface area contributed by atoms with E-state index in [1.807, 2.05) is 60.7 Å². The van der Waals surface area contributed by atoms with Gasteiger partial charge in [-0.25, -0.2) is 9.20 Å². The third-order valence-corrected chi connectivity index (χ3v) is 9.79. The molecule has 0 aliphatic carbocycles. The molecule has 4 nitrogen and oxygen atoms in total. The molecule has 2 aromatic heterocycles. The predicted molar refractivity (Wildman–Crippen MR) is 191 cm³/mol. The molecule has 0 saturated carbocycles. The van der Waals surface area contributed by atoms with Crippen LogP contribution in [0.3, 0.4) is 0 Å². The molecule has 0 amide bonds. The topological polar surface area (TPSA) is 47.3 Å². The summed E-state index contributed by atoms with van der Waals surface area (Å²) >= 11 is 1.52. The Morgan fingerprint density at radius 1 is 0.435 bits per heavy atom. The molecule has 7 aromatic carbocycles. The van der Waals surface area contributed by atoms with Crippen LogP contribution in [0.2, 0.25) is 0 Å². The van der Waals surface area contributed by atoms with Crippen molar-refractivity contribution in [3.05, 3.63) is 162 Å². The van der Waals surface area contributed by atoms with Crippen molar-refractivity contribution in [3.8, 4) is 44.2 Å². The molecular weight excluding hydrogens is 583 g/mol. The van der Waals surface area contributed by atoms with E-state index in [2.05, 4.69) is 96.0 Å². The summed E-state index contributed by atoms with van der Waals surface area (Å²) in [4.78, 5) is 24.5. The molecule has 0 spiro atoms. The van der Waals surface area contributed by atoms with Gasteiger partial charge in [0.1, 0.15) is 0 Å². The standard InChI is InChI=1S/C41H25N3OS/c45-40-42-39(27-14-5-2-6-15-27)43-41-44(40)37(26-12-3-1-4-13-26)38(46-41)30-17-11-16-28(24-30)29-22-23-35-33-20-8-7-18-31(33)32-19-9-10-21-34(32)36(35)25-29/h1-25H. The van der Waals surface area contributed by atoms with Crippen LogP contribution in [-0.4, -0.2) is 14.4 Å². The molecule has 0 saturated heterocycles. The van der Waals surface area contributed by atoms with Gasteiger partial charge in [0.15, 0.2) is 5.82 Å². The number of fused-ring (bicyclic) bond motifs is 7. The number of aromatic nitrogens is 3. The zero-order chi connectivity index (χ0) is 30.6. The molecule has 0 bridgehead atoms. The third kappa shape index (κ3) is 4.25. The Hall–Kier alpha value is -5.91. The van der Waals surface area contributed by atoms with Crippen LogP contribution in [0.1, 0.15) is 0 Å². The second-order valence-corrected chi connectivity index (χ2v) is 12.4. The van der Waals surface area contributed by atoms with Gasteiger partial charge in [0.05, 0.1) is 10.6 Å². The maximum atomic E-state index is 13.6. The fraction of sp³-hybridized carbons (Fsp3) is 0. The molecule has 46 heavy (non-hydrogen) atoms. The van der Waals surface area contributed by atoms with E-state index in [4.69, 9.17) is 4.98 Å². The molecule has 9 aromatic rings. The Kier molecular flexibility index (Phi) is 6.11. The quantitative estimate of drug-likeness (QED) is 0.187. The van der Waals surface area contributed by atoms with E-state index in [1.165, 1.54) is 43.7 Å². The first-order valence-electron chi connectivity index (χ1n) is 15.2. The highest BCUT2D eigenvalue weighted by Gasteiger charge is 2.20. The minimum Gasteiger partial charge on any atom is -0.245 e. The van der Waals surface area contributed by atoms with Crippen molar-refractivity contribution in [2.75, 3.05) is 0 Å². The maximum Gasteiger partial charge on any atom is 0.356 e. The molecular formula is C41H25N3OS. The third-order valence-electron chi connectivity index (χ3n) is 8.70. The number of nitrogens with zero attached hydrogens (tertiary/aromatic N) is 3. The molecule has 5 heteroatoms. The van der Waals surface area contributed by atoms with Crippen LogP contribution in [0.4, 0.5) is 0 Å². The summed E-state index contributed by atoms with van der Waals surface area (Å²) in [5.74, 6) is 0.433. The average molecular weight is 608 g/mol. The number of thiazole rings is 1. The van der Waals surface area contributed by atoms with Gasteiger partial charge in [-0.3, -0.25) is 0 Å². The summed E-state index contributed by atoms with van der Waals surface area (Å²) < 4.78 is 1.65. The molecule has 0 radical (unpaired) electrons. The van der Waals surface area contributed by atoms with Gasteiger partial charge >= 0.3 is 5.69 Å². The molecule has 216 valence electrons. The Bertz CT molecular complexity index is 2620. The molecule has 0 aliphatic heterocycles. The van der Waals surface area contributed by atoms with Crippen molar-refractivity contribution < 1.29 is 0 Å². The van der Waals surface area contributed by atoms with Crippen molar-refractivity contribution in [1.82, 2.24) is 14.4 Å². The van der Waals surface area contributed by atoms with Gasteiger partial charge in [-0.1, -0.05) is 151 Å². The highest BCUT2D eigenvalue weighted by molar-refractivity contribution is 7.20. The molecule has 0 unspecified atom stereocenters. The van der Waals surface area contributed by atoms with Crippen LogP contribution >= 0.6 is 11.3 Å². The van der Waals surface area contributed by atoms with Crippen molar-refractivity contribution in [2.24, 2.45) is 0 Å². The van der Waals surface area contributed by atoms with E-state index in [1.54, 1.807) is 4.40 Å². The largest absolute Gasteiger partial charge is 0.356 e. The van der Waals surface area contributed by atoms with Gasteiger partial charge in [0, 0.05) is 11.1 Å². The summed E-state index contributed by atoms with van der Waals surface area (Å²) in [5, 5.41) is 7.52. The monoisotopic (exact) mass is 607 g/mol. The number of hydrogen-bond acceptors (Lipinski definition) is 4. The zero-order valence-corrected chi connectivity index (χ0v) is 25.4. The normalized spacial score (nSPS) is 11.6. The van der Waals surface area contributed by atoms with Crippen molar-refractivity contribution in [3.63, 3.8) is 0 Å². The van der Waals surface area contributed by atoms with Crippen LogP contribution in [0.25, 0.3) is 81.5 Å². The Balaban J connectivity index is 1.25. The van der Waals surface area contributed by atoms with E-state index in [0.717, 1.165) is 38.4 Å². The van der Waals surface area contributed by atoms with Crippen LogP contribution in [0.15, 0.2) is 156 Å². The van der Waals surface area contributed by atoms with Gasteiger partial charge in [-0.2, -0.15) is 9.97 Å². The number of hydrogen-bond donors (Lipinski definition) is 0. The summed E-state index contributed by atoms with van der Waals surface area (Å²) in [6.07, 6.45) is 0. The number of rotatable bonds is 4. The second kappa shape index (κ2) is 10.6. The SMILES string of the molecule is O=c1nc(-c2ccccc2)nc2sc(-c3cccc(-c4ccc5c6ccccc6c6ccccc6c5c4)c3)c(-c3ccccc3)n12. The smallest absolute Gasteiger partial charge is 0.245 e. The first kappa shape index (κ1) is 26.5. The lowest BCUT2D eigenvalue weighted by Gasteiger charge is -2.12. The van der Waals surface area contributed by atoms with Crippen LogP contribution in [0, 0.1) is 0 Å². The van der Waals surface area contributed by atoms with Gasteiger partial charge in [-0.05, 0) is 61.1 Å². The van der Waals surface area contributed by atoms with Crippen LogP contribution in [0.5, 0.6) is 0 Å². The molecule has 0 atom stereocenters. The van der Waals surface area contributed by atoms with Crippen molar-refractivity contribution in [2.45, 2.75) is 0 Å². The van der Waals surface area contributed by atoms with E-state index in [-0.39, 0.29) is 5.69 Å². The van der Waals surface area contributed by atoms with Crippen molar-refractivity contribution in [1.29, 1.82) is 0 Å². The van der Waals surface area contributed by atoms with Crippen LogP contribution in [-0.2, 0) is 0 Å². The van der Waals surface area contributed by atoms with Gasteiger partial charge in [-0.15, -0.1) is 0 Å². The molecule has 0 aliphatic rings. The summed E-state index contributed by atoms with van der Waals surface area (Å²) in [5.41, 5.74) is 5.49. The minimum absolute atomic E-state index is 0.338. The minimum atomic E-state index is -0.338. The predicted octanol–water partition coefficient (Wildman–Crippen LogP) is 10.3. The molecule has 9 rings (SSSR count). The van der Waals surface area contributed by atoms with Gasteiger partial charge in [0.2, 0.25) is 4.96 Å². The number of benzene rings is 7. The zero-order valence-electron chi connectivity index (χ0n) is 24.6. The van der Waals surface area contributed by atoms with E-state index < -0.39 is 0 Å². The summed E-state index contributed by atoms with van der Waals surface area (Å²) in [7, 11) is 0. The average Bonchev–Trinajstić information content (AvgIpc) is 3.53. The first-order valence-corrected chi connectivity index (χ1v) is 16.0. The maximum absolute atomic E-state index is 13.6. The highest BCUT2D eigenvalue weighted by Crippen LogP contribution is 2.41. The summed E-state index contributed by atoms with van der Waals surface area (Å²) in [6.45, 7) is 0. The van der Waals surface area contributed by atoms with Gasteiger partial charge in [0.25, 0.3) is 0 Å². The Morgan fingerprint density at radius 2 is 0.957 bits per heavy atom. The Morgan fingerprint density at radius 3 is 1.63 bits per heavy atom. The first-order chi connectivity index (χ1) is 22.7. The highest BCUT2D eigenvalue weighted by atomic mass is 32.1. The lowest BCUT2D eigenvalue weighted by atomic mass is 9.91. The van der Waals surface area contributed by atoms with E-state index >= 15 is 0 Å². The molecule has 0 N–H and O–H groups in total. The lowest BCUT2D eigenvalue weighted by Crippen LogP contribution is -2.19. The van der Waals surface area contributed by atoms with Crippen molar-refractivity contribution >= 4 is 48.6 Å². The van der Waals surface area contributed by atoms with E-state index in [9.17, 15) is 4.79 Å². The van der Waals surface area contributed by atoms with Crippen LogP contribution < -0.4 is 5.69 Å². The second-order valence-electron chi connectivity index (χ2n) is 11.4.